The van der Waals surface area contributed by atoms with Crippen LogP contribution in [0, 0.1) is 13.8 Å². The van der Waals surface area contributed by atoms with Crippen molar-refractivity contribution in [3.63, 3.8) is 0 Å². The zero-order chi connectivity index (χ0) is 22.4. The standard InChI is InChI=1S/C24H26N2O4S/c1-18-9-14-23(19(2)15-18)25-24(27)17-30-21-10-12-22(13-11-21)31(28,29)26(3)16-20-7-5-4-6-8-20/h4-15H,16-17H2,1-3H3,(H,25,27). The van der Waals surface area contributed by atoms with Crippen LogP contribution in [0.3, 0.4) is 0 Å². The molecule has 7 heteroatoms. The fourth-order valence-electron chi connectivity index (χ4n) is 3.10. The van der Waals surface area contributed by atoms with Gasteiger partial charge in [-0.1, -0.05) is 48.0 Å². The summed E-state index contributed by atoms with van der Waals surface area (Å²) in [7, 11) is -2.09. The molecule has 6 nitrogen and oxygen atoms in total. The summed E-state index contributed by atoms with van der Waals surface area (Å²) in [6.45, 7) is 4.02. The van der Waals surface area contributed by atoms with Crippen LogP contribution in [0.4, 0.5) is 5.69 Å². The smallest absolute Gasteiger partial charge is 0.262 e. The van der Waals surface area contributed by atoms with E-state index in [0.29, 0.717) is 5.75 Å². The summed E-state index contributed by atoms with van der Waals surface area (Å²) in [4.78, 5) is 12.3. The summed E-state index contributed by atoms with van der Waals surface area (Å²) in [6.07, 6.45) is 0. The van der Waals surface area contributed by atoms with Gasteiger partial charge in [-0.25, -0.2) is 8.42 Å². The van der Waals surface area contributed by atoms with Gasteiger partial charge in [0.05, 0.1) is 4.90 Å². The molecule has 0 saturated carbocycles. The molecule has 1 N–H and O–H groups in total. The Hall–Kier alpha value is -3.16. The van der Waals surface area contributed by atoms with Gasteiger partial charge in [-0.3, -0.25) is 4.79 Å². The molecule has 3 aromatic rings. The summed E-state index contributed by atoms with van der Waals surface area (Å²) in [5, 5.41) is 2.81. The Morgan fingerprint density at radius 2 is 1.65 bits per heavy atom. The Balaban J connectivity index is 1.58. The maximum Gasteiger partial charge on any atom is 0.262 e. The van der Waals surface area contributed by atoms with Gasteiger partial charge in [0.2, 0.25) is 10.0 Å². The van der Waals surface area contributed by atoms with E-state index in [-0.39, 0.29) is 24.0 Å². The van der Waals surface area contributed by atoms with Gasteiger partial charge in [0.15, 0.2) is 6.61 Å². The van der Waals surface area contributed by atoms with Crippen LogP contribution in [0.5, 0.6) is 5.75 Å². The topological polar surface area (TPSA) is 75.7 Å². The van der Waals surface area contributed by atoms with Crippen LogP contribution in [0.2, 0.25) is 0 Å². The highest BCUT2D eigenvalue weighted by Gasteiger charge is 2.21. The summed E-state index contributed by atoms with van der Waals surface area (Å²) >= 11 is 0. The van der Waals surface area contributed by atoms with Crippen molar-refractivity contribution in [2.45, 2.75) is 25.3 Å². The van der Waals surface area contributed by atoms with Crippen molar-refractivity contribution >= 4 is 21.6 Å². The van der Waals surface area contributed by atoms with Gasteiger partial charge in [-0.2, -0.15) is 4.31 Å². The molecule has 0 bridgehead atoms. The van der Waals surface area contributed by atoms with Gasteiger partial charge in [0.25, 0.3) is 5.91 Å². The number of hydrogen-bond donors (Lipinski definition) is 1. The maximum absolute atomic E-state index is 12.8. The molecule has 0 atom stereocenters. The molecule has 3 aromatic carbocycles. The van der Waals surface area contributed by atoms with Crippen molar-refractivity contribution < 1.29 is 17.9 Å². The predicted molar refractivity (Wildman–Crippen MR) is 122 cm³/mol. The summed E-state index contributed by atoms with van der Waals surface area (Å²) in [5.41, 5.74) is 3.74. The molecular formula is C24H26N2O4S. The number of nitrogens with zero attached hydrogens (tertiary/aromatic N) is 1. The SMILES string of the molecule is Cc1ccc(NC(=O)COc2ccc(S(=O)(=O)N(C)Cc3ccccc3)cc2)c(C)c1. The summed E-state index contributed by atoms with van der Waals surface area (Å²) in [6, 6.07) is 21.2. The Morgan fingerprint density at radius 3 is 2.29 bits per heavy atom. The Morgan fingerprint density at radius 1 is 0.968 bits per heavy atom. The molecular weight excluding hydrogens is 412 g/mol. The van der Waals surface area contributed by atoms with E-state index in [0.717, 1.165) is 22.4 Å². The van der Waals surface area contributed by atoms with Crippen LogP contribution in [-0.4, -0.2) is 32.3 Å². The van der Waals surface area contributed by atoms with Gasteiger partial charge < -0.3 is 10.1 Å². The van der Waals surface area contributed by atoms with Crippen LogP contribution >= 0.6 is 0 Å². The van der Waals surface area contributed by atoms with Crippen molar-refractivity contribution in [3.8, 4) is 5.75 Å². The second-order valence-corrected chi connectivity index (χ2v) is 9.42. The van der Waals surface area contributed by atoms with E-state index in [2.05, 4.69) is 5.32 Å². The fourth-order valence-corrected chi connectivity index (χ4v) is 4.26. The minimum absolute atomic E-state index is 0.165. The minimum Gasteiger partial charge on any atom is -0.484 e. The number of carbonyl (C=O) groups excluding carboxylic acids is 1. The number of ether oxygens (including phenoxy) is 1. The number of benzene rings is 3. The zero-order valence-corrected chi connectivity index (χ0v) is 18.6. The lowest BCUT2D eigenvalue weighted by atomic mass is 10.1. The Bertz CT molecular complexity index is 1140. The highest BCUT2D eigenvalue weighted by atomic mass is 32.2. The van der Waals surface area contributed by atoms with Gasteiger partial charge in [-0.15, -0.1) is 0 Å². The minimum atomic E-state index is -3.64. The number of aryl methyl sites for hydroxylation is 2. The van der Waals surface area contributed by atoms with E-state index < -0.39 is 10.0 Å². The molecule has 3 rings (SSSR count). The van der Waals surface area contributed by atoms with E-state index in [4.69, 9.17) is 4.74 Å². The number of amides is 1. The van der Waals surface area contributed by atoms with Crippen LogP contribution in [-0.2, 0) is 21.4 Å². The normalized spacial score (nSPS) is 11.4. The molecule has 31 heavy (non-hydrogen) atoms. The lowest BCUT2D eigenvalue weighted by Gasteiger charge is -2.17. The van der Waals surface area contributed by atoms with Crippen molar-refractivity contribution in [2.24, 2.45) is 0 Å². The number of rotatable bonds is 8. The molecule has 0 aromatic heterocycles. The zero-order valence-electron chi connectivity index (χ0n) is 17.8. The lowest BCUT2D eigenvalue weighted by molar-refractivity contribution is -0.118. The second kappa shape index (κ2) is 9.76. The molecule has 162 valence electrons. The van der Waals surface area contributed by atoms with Crippen LogP contribution in [0.1, 0.15) is 16.7 Å². The van der Waals surface area contributed by atoms with E-state index in [1.54, 1.807) is 19.2 Å². The number of hydrogen-bond acceptors (Lipinski definition) is 4. The lowest BCUT2D eigenvalue weighted by Crippen LogP contribution is -2.26. The molecule has 0 aliphatic carbocycles. The molecule has 1 amide bonds. The highest BCUT2D eigenvalue weighted by Crippen LogP contribution is 2.21. The first-order valence-corrected chi connectivity index (χ1v) is 11.3. The molecule has 0 fully saturated rings. The molecule has 0 unspecified atom stereocenters. The number of anilines is 1. The Labute approximate surface area is 183 Å². The van der Waals surface area contributed by atoms with Crippen molar-refractivity contribution in [3.05, 3.63) is 89.5 Å². The largest absolute Gasteiger partial charge is 0.484 e. The van der Waals surface area contributed by atoms with E-state index >= 15 is 0 Å². The van der Waals surface area contributed by atoms with Crippen LogP contribution in [0.15, 0.2) is 77.7 Å². The monoisotopic (exact) mass is 438 g/mol. The van der Waals surface area contributed by atoms with E-state index in [1.807, 2.05) is 62.4 Å². The van der Waals surface area contributed by atoms with Crippen molar-refractivity contribution in [1.29, 1.82) is 0 Å². The van der Waals surface area contributed by atoms with E-state index in [1.165, 1.54) is 16.4 Å². The van der Waals surface area contributed by atoms with Crippen molar-refractivity contribution in [1.82, 2.24) is 4.31 Å². The predicted octanol–water partition coefficient (Wildman–Crippen LogP) is 4.14. The van der Waals surface area contributed by atoms with Gasteiger partial charge >= 0.3 is 0 Å². The quantitative estimate of drug-likeness (QED) is 0.574. The average Bonchev–Trinajstić information content (AvgIpc) is 2.75. The average molecular weight is 439 g/mol. The maximum atomic E-state index is 12.8. The van der Waals surface area contributed by atoms with Crippen molar-refractivity contribution in [2.75, 3.05) is 19.0 Å². The number of carbonyl (C=O) groups is 1. The molecule has 0 heterocycles. The fraction of sp³-hybridized carbons (Fsp3) is 0.208. The summed E-state index contributed by atoms with van der Waals surface area (Å²) < 4.78 is 32.4. The summed E-state index contributed by atoms with van der Waals surface area (Å²) in [5.74, 6) is 0.131. The third-order valence-electron chi connectivity index (χ3n) is 4.81. The van der Waals surface area contributed by atoms with Gasteiger partial charge in [-0.05, 0) is 55.3 Å². The molecule has 0 saturated heterocycles. The molecule has 0 spiro atoms. The van der Waals surface area contributed by atoms with Crippen LogP contribution in [0.25, 0.3) is 0 Å². The number of sulfonamides is 1. The third-order valence-corrected chi connectivity index (χ3v) is 6.62. The first-order valence-electron chi connectivity index (χ1n) is 9.86. The van der Waals surface area contributed by atoms with Gasteiger partial charge in [0, 0.05) is 19.3 Å². The first-order chi connectivity index (χ1) is 14.8. The Kier molecular flexibility index (Phi) is 7.09. The van der Waals surface area contributed by atoms with Crippen LogP contribution < -0.4 is 10.1 Å². The first kappa shape index (κ1) is 22.5. The second-order valence-electron chi connectivity index (χ2n) is 7.37. The van der Waals surface area contributed by atoms with E-state index in [9.17, 15) is 13.2 Å². The molecule has 0 aliphatic rings. The third kappa shape index (κ3) is 5.93. The molecule has 0 aliphatic heterocycles. The number of nitrogens with one attached hydrogen (secondary N) is 1. The molecule has 0 radical (unpaired) electrons. The van der Waals surface area contributed by atoms with Gasteiger partial charge in [0.1, 0.15) is 5.75 Å². The highest BCUT2D eigenvalue weighted by molar-refractivity contribution is 7.89.